The highest BCUT2D eigenvalue weighted by Gasteiger charge is 2.29. The molecule has 0 aliphatic heterocycles. The maximum Gasteiger partial charge on any atom is 0.0238 e. The van der Waals surface area contributed by atoms with Crippen LogP contribution in [-0.4, -0.2) is 6.04 Å². The van der Waals surface area contributed by atoms with E-state index in [2.05, 4.69) is 12.0 Å². The third kappa shape index (κ3) is 3.04. The Labute approximate surface area is 68.8 Å². The van der Waals surface area contributed by atoms with E-state index in [1.54, 1.807) is 0 Å². The fraction of sp³-hybridized carbons (Fsp3) is 0.778. The molecule has 2 nitrogen and oxygen atoms in total. The molecule has 3 N–H and O–H groups in total. The number of nitrogens with one attached hydrogen (secondary N) is 1. The van der Waals surface area contributed by atoms with Crippen molar-refractivity contribution >= 4 is 0 Å². The number of hydrogen-bond acceptors (Lipinski definition) is 2. The van der Waals surface area contributed by atoms with E-state index in [9.17, 15) is 0 Å². The Morgan fingerprint density at radius 2 is 2.36 bits per heavy atom. The molecule has 1 aliphatic carbocycles. The highest BCUT2D eigenvalue weighted by Crippen LogP contribution is 2.34. The van der Waals surface area contributed by atoms with Crippen molar-refractivity contribution in [3.8, 4) is 0 Å². The summed E-state index contributed by atoms with van der Waals surface area (Å²) in [6.07, 6.45) is 8.24. The SMILES string of the molecule is C=CCCCC(NN)C1CC1. The lowest BCUT2D eigenvalue weighted by Crippen LogP contribution is -2.36. The average molecular weight is 154 g/mol. The van der Waals surface area contributed by atoms with E-state index < -0.39 is 0 Å². The van der Waals surface area contributed by atoms with Gasteiger partial charge in [-0.3, -0.25) is 11.3 Å². The van der Waals surface area contributed by atoms with E-state index in [0.29, 0.717) is 6.04 Å². The van der Waals surface area contributed by atoms with Gasteiger partial charge in [-0.2, -0.15) is 0 Å². The van der Waals surface area contributed by atoms with Gasteiger partial charge in [-0.1, -0.05) is 6.08 Å². The zero-order valence-corrected chi connectivity index (χ0v) is 7.05. The van der Waals surface area contributed by atoms with Gasteiger partial charge in [-0.05, 0) is 38.0 Å². The standard InChI is InChI=1S/C9H18N2/c1-2-3-4-5-9(11-10)8-6-7-8/h2,8-9,11H,1,3-7,10H2. The Bertz CT molecular complexity index is 119. The maximum absolute atomic E-state index is 5.42. The second-order valence-corrected chi connectivity index (χ2v) is 3.33. The smallest absolute Gasteiger partial charge is 0.0238 e. The summed E-state index contributed by atoms with van der Waals surface area (Å²) in [6.45, 7) is 3.69. The van der Waals surface area contributed by atoms with Crippen LogP contribution in [0.4, 0.5) is 0 Å². The van der Waals surface area contributed by atoms with E-state index in [0.717, 1.165) is 12.3 Å². The van der Waals surface area contributed by atoms with Crippen LogP contribution in [0, 0.1) is 5.92 Å². The lowest BCUT2D eigenvalue weighted by atomic mass is 10.1. The van der Waals surface area contributed by atoms with Gasteiger partial charge >= 0.3 is 0 Å². The molecule has 11 heavy (non-hydrogen) atoms. The van der Waals surface area contributed by atoms with Gasteiger partial charge in [0.1, 0.15) is 0 Å². The molecule has 1 aliphatic rings. The summed E-state index contributed by atoms with van der Waals surface area (Å²) in [5.74, 6) is 6.29. The first-order chi connectivity index (χ1) is 5.38. The minimum Gasteiger partial charge on any atom is -0.271 e. The molecule has 0 aromatic heterocycles. The maximum atomic E-state index is 5.42. The molecule has 64 valence electrons. The summed E-state index contributed by atoms with van der Waals surface area (Å²) in [7, 11) is 0. The molecule has 1 unspecified atom stereocenters. The minimum absolute atomic E-state index is 0.565. The zero-order chi connectivity index (χ0) is 8.10. The summed E-state index contributed by atoms with van der Waals surface area (Å²) in [5, 5.41) is 0. The van der Waals surface area contributed by atoms with E-state index in [4.69, 9.17) is 5.84 Å². The molecular formula is C9H18N2. The summed E-state index contributed by atoms with van der Waals surface area (Å²) in [6, 6.07) is 0.565. The van der Waals surface area contributed by atoms with Crippen LogP contribution in [0.15, 0.2) is 12.7 Å². The molecule has 2 heteroatoms. The highest BCUT2D eigenvalue weighted by atomic mass is 15.2. The van der Waals surface area contributed by atoms with Gasteiger partial charge in [0, 0.05) is 6.04 Å². The van der Waals surface area contributed by atoms with Crippen LogP contribution >= 0.6 is 0 Å². The first-order valence-corrected chi connectivity index (χ1v) is 4.45. The van der Waals surface area contributed by atoms with Crippen molar-refractivity contribution in [3.05, 3.63) is 12.7 Å². The molecule has 0 bridgehead atoms. The van der Waals surface area contributed by atoms with Crippen LogP contribution in [-0.2, 0) is 0 Å². The van der Waals surface area contributed by atoms with Gasteiger partial charge in [0.25, 0.3) is 0 Å². The van der Waals surface area contributed by atoms with E-state index in [1.165, 1.54) is 25.7 Å². The fourth-order valence-corrected chi connectivity index (χ4v) is 1.44. The lowest BCUT2D eigenvalue weighted by molar-refractivity contribution is 0.435. The fourth-order valence-electron chi connectivity index (χ4n) is 1.44. The molecule has 0 amide bonds. The summed E-state index contributed by atoms with van der Waals surface area (Å²) in [5.41, 5.74) is 2.89. The highest BCUT2D eigenvalue weighted by molar-refractivity contribution is 4.85. The van der Waals surface area contributed by atoms with Crippen LogP contribution in [0.3, 0.4) is 0 Å². The Hall–Kier alpha value is -0.340. The van der Waals surface area contributed by atoms with Crippen LogP contribution in [0.2, 0.25) is 0 Å². The number of unbranched alkanes of at least 4 members (excludes halogenated alkanes) is 1. The van der Waals surface area contributed by atoms with Crippen molar-refractivity contribution in [2.75, 3.05) is 0 Å². The molecule has 1 atom stereocenters. The second-order valence-electron chi connectivity index (χ2n) is 3.33. The normalized spacial score (nSPS) is 19.7. The predicted molar refractivity (Wildman–Crippen MR) is 47.9 cm³/mol. The van der Waals surface area contributed by atoms with Gasteiger partial charge in [-0.15, -0.1) is 6.58 Å². The van der Waals surface area contributed by atoms with Crippen molar-refractivity contribution in [3.63, 3.8) is 0 Å². The molecule has 0 heterocycles. The average Bonchev–Trinajstić information content (AvgIpc) is 2.81. The Kier molecular flexibility index (Phi) is 3.60. The van der Waals surface area contributed by atoms with Crippen LogP contribution < -0.4 is 11.3 Å². The molecule has 1 fully saturated rings. The molecule has 0 saturated heterocycles. The van der Waals surface area contributed by atoms with Crippen molar-refractivity contribution in [2.24, 2.45) is 11.8 Å². The topological polar surface area (TPSA) is 38.0 Å². The van der Waals surface area contributed by atoms with Gasteiger partial charge in [0.05, 0.1) is 0 Å². The number of hydrogen-bond donors (Lipinski definition) is 2. The van der Waals surface area contributed by atoms with Gasteiger partial charge < -0.3 is 0 Å². The number of rotatable bonds is 6. The zero-order valence-electron chi connectivity index (χ0n) is 7.05. The van der Waals surface area contributed by atoms with Crippen molar-refractivity contribution in [1.29, 1.82) is 0 Å². The number of hydrazine groups is 1. The first kappa shape index (κ1) is 8.75. The molecule has 0 aromatic rings. The van der Waals surface area contributed by atoms with E-state index in [1.807, 2.05) is 6.08 Å². The second kappa shape index (κ2) is 4.52. The largest absolute Gasteiger partial charge is 0.271 e. The Morgan fingerprint density at radius 3 is 2.82 bits per heavy atom. The van der Waals surface area contributed by atoms with Crippen LogP contribution in [0.5, 0.6) is 0 Å². The summed E-state index contributed by atoms with van der Waals surface area (Å²) >= 11 is 0. The molecule has 0 spiro atoms. The first-order valence-electron chi connectivity index (χ1n) is 4.45. The molecule has 0 aromatic carbocycles. The van der Waals surface area contributed by atoms with Crippen LogP contribution in [0.1, 0.15) is 32.1 Å². The third-order valence-electron chi connectivity index (χ3n) is 2.33. The Balaban J connectivity index is 2.05. The molecular weight excluding hydrogens is 136 g/mol. The lowest BCUT2D eigenvalue weighted by Gasteiger charge is -2.13. The predicted octanol–water partition coefficient (Wildman–Crippen LogP) is 1.58. The summed E-state index contributed by atoms with van der Waals surface area (Å²) < 4.78 is 0. The quantitative estimate of drug-likeness (QED) is 0.264. The molecule has 1 rings (SSSR count). The van der Waals surface area contributed by atoms with Crippen molar-refractivity contribution in [2.45, 2.75) is 38.1 Å². The minimum atomic E-state index is 0.565. The van der Waals surface area contributed by atoms with Crippen molar-refractivity contribution < 1.29 is 0 Å². The molecule has 0 radical (unpaired) electrons. The van der Waals surface area contributed by atoms with Gasteiger partial charge in [-0.25, -0.2) is 0 Å². The van der Waals surface area contributed by atoms with Crippen LogP contribution in [0.25, 0.3) is 0 Å². The van der Waals surface area contributed by atoms with E-state index >= 15 is 0 Å². The van der Waals surface area contributed by atoms with Crippen molar-refractivity contribution in [1.82, 2.24) is 5.43 Å². The summed E-state index contributed by atoms with van der Waals surface area (Å²) in [4.78, 5) is 0. The monoisotopic (exact) mass is 154 g/mol. The third-order valence-corrected chi connectivity index (χ3v) is 2.33. The van der Waals surface area contributed by atoms with E-state index in [-0.39, 0.29) is 0 Å². The number of nitrogens with two attached hydrogens (primary N) is 1. The Morgan fingerprint density at radius 1 is 1.64 bits per heavy atom. The number of allylic oxidation sites excluding steroid dienone is 1. The van der Waals surface area contributed by atoms with Gasteiger partial charge in [0.2, 0.25) is 0 Å². The molecule has 1 saturated carbocycles. The van der Waals surface area contributed by atoms with Gasteiger partial charge in [0.15, 0.2) is 0 Å².